The Morgan fingerprint density at radius 3 is 2.68 bits per heavy atom. The van der Waals surface area contributed by atoms with Crippen molar-refractivity contribution in [2.45, 2.75) is 25.8 Å². The smallest absolute Gasteiger partial charge is 0.150 e. The van der Waals surface area contributed by atoms with Gasteiger partial charge >= 0.3 is 0 Å². The molecule has 1 aliphatic heterocycles. The molecule has 0 unspecified atom stereocenters. The van der Waals surface area contributed by atoms with Crippen LogP contribution in [-0.4, -0.2) is 50.0 Å². The molecule has 0 aliphatic carbocycles. The van der Waals surface area contributed by atoms with Gasteiger partial charge in [0.1, 0.15) is 0 Å². The second-order valence-corrected chi connectivity index (χ2v) is 8.71. The molecule has 3 rings (SSSR count). The maximum absolute atomic E-state index is 12.0. The van der Waals surface area contributed by atoms with E-state index in [0.717, 1.165) is 25.9 Å². The fourth-order valence-corrected chi connectivity index (χ4v) is 4.67. The third kappa shape index (κ3) is 3.06. The van der Waals surface area contributed by atoms with Gasteiger partial charge < -0.3 is 9.47 Å². The van der Waals surface area contributed by atoms with Crippen LogP contribution in [0, 0.1) is 0 Å². The third-order valence-corrected chi connectivity index (χ3v) is 6.23. The Balaban J connectivity index is 2.09. The van der Waals surface area contributed by atoms with Crippen molar-refractivity contribution in [3.05, 3.63) is 35.5 Å². The van der Waals surface area contributed by atoms with Crippen molar-refractivity contribution in [3.8, 4) is 0 Å². The van der Waals surface area contributed by atoms with E-state index in [0.29, 0.717) is 12.2 Å². The molecule has 4 nitrogen and oxygen atoms in total. The van der Waals surface area contributed by atoms with Gasteiger partial charge in [0.05, 0.1) is 11.5 Å². The molecule has 0 N–H and O–H groups in total. The van der Waals surface area contributed by atoms with Crippen LogP contribution in [-0.2, 0) is 29.2 Å². The first kappa shape index (κ1) is 15.6. The quantitative estimate of drug-likeness (QED) is 0.870. The van der Waals surface area contributed by atoms with Gasteiger partial charge in [0.2, 0.25) is 0 Å². The zero-order chi connectivity index (χ0) is 15.7. The fourth-order valence-electron chi connectivity index (χ4n) is 3.37. The lowest BCUT2D eigenvalue weighted by Gasteiger charge is -2.17. The summed E-state index contributed by atoms with van der Waals surface area (Å²) in [5, 5.41) is 1.23. The summed E-state index contributed by atoms with van der Waals surface area (Å²) in [5.41, 5.74) is 3.84. The van der Waals surface area contributed by atoms with Crippen LogP contribution in [0.5, 0.6) is 0 Å². The number of rotatable bonds is 3. The predicted molar refractivity (Wildman–Crippen MR) is 91.2 cm³/mol. The highest BCUT2D eigenvalue weighted by molar-refractivity contribution is 7.91. The number of likely N-dealkylation sites (N-methyl/N-ethyl adjacent to an activating group) is 1. The van der Waals surface area contributed by atoms with E-state index in [9.17, 15) is 8.42 Å². The van der Waals surface area contributed by atoms with Crippen LogP contribution in [0.25, 0.3) is 10.9 Å². The number of fused-ring (bicyclic) bond motifs is 3. The lowest BCUT2D eigenvalue weighted by Crippen LogP contribution is -2.21. The van der Waals surface area contributed by atoms with Crippen LogP contribution in [0.1, 0.15) is 17.7 Å². The van der Waals surface area contributed by atoms with E-state index >= 15 is 0 Å². The normalized spacial score (nSPS) is 18.1. The Bertz CT molecular complexity index is 775. The van der Waals surface area contributed by atoms with Crippen LogP contribution >= 0.6 is 0 Å². The van der Waals surface area contributed by atoms with E-state index in [1.807, 2.05) is 6.07 Å². The van der Waals surface area contributed by atoms with E-state index in [1.165, 1.54) is 22.2 Å². The largest absolute Gasteiger partial charge is 0.343 e. The number of benzene rings is 1. The first-order valence-electron chi connectivity index (χ1n) is 7.92. The molecule has 1 aliphatic rings. The van der Waals surface area contributed by atoms with Crippen molar-refractivity contribution >= 4 is 20.7 Å². The number of aryl methyl sites for hydroxylation is 1. The highest BCUT2D eigenvalue weighted by Gasteiger charge is 2.22. The minimum absolute atomic E-state index is 0.279. The SMILES string of the molecule is CN(C)CCn1c2c(c3ccccc31)CCS(=O)(=O)CCC2. The lowest BCUT2D eigenvalue weighted by atomic mass is 10.1. The first-order chi connectivity index (χ1) is 10.5. The van der Waals surface area contributed by atoms with Gasteiger partial charge in [-0.25, -0.2) is 8.42 Å². The predicted octanol–water partition coefficient (Wildman–Crippen LogP) is 2.11. The molecular formula is C17H24N2O2S. The lowest BCUT2D eigenvalue weighted by molar-refractivity contribution is 0.384. The number of hydrogen-bond donors (Lipinski definition) is 0. The molecule has 0 saturated heterocycles. The Morgan fingerprint density at radius 1 is 1.14 bits per heavy atom. The van der Waals surface area contributed by atoms with E-state index in [4.69, 9.17) is 0 Å². The van der Waals surface area contributed by atoms with Gasteiger partial charge in [0.25, 0.3) is 0 Å². The van der Waals surface area contributed by atoms with Crippen molar-refractivity contribution in [1.82, 2.24) is 9.47 Å². The van der Waals surface area contributed by atoms with Gasteiger partial charge in [-0.3, -0.25) is 0 Å². The molecule has 22 heavy (non-hydrogen) atoms. The Morgan fingerprint density at radius 2 is 1.91 bits per heavy atom. The van der Waals surface area contributed by atoms with Gasteiger partial charge in [-0.15, -0.1) is 0 Å². The van der Waals surface area contributed by atoms with Gasteiger partial charge in [-0.1, -0.05) is 18.2 Å². The summed E-state index contributed by atoms with van der Waals surface area (Å²) in [7, 11) is 1.28. The Labute approximate surface area is 132 Å². The molecule has 120 valence electrons. The van der Waals surface area contributed by atoms with Gasteiger partial charge in [0.15, 0.2) is 9.84 Å². The highest BCUT2D eigenvalue weighted by Crippen LogP contribution is 2.29. The van der Waals surface area contributed by atoms with Crippen LogP contribution in [0.4, 0.5) is 0 Å². The van der Waals surface area contributed by atoms with Crippen molar-refractivity contribution in [1.29, 1.82) is 0 Å². The summed E-state index contributed by atoms with van der Waals surface area (Å²) < 4.78 is 26.4. The maximum Gasteiger partial charge on any atom is 0.150 e. The van der Waals surface area contributed by atoms with Crippen molar-refractivity contribution < 1.29 is 8.42 Å². The topological polar surface area (TPSA) is 42.3 Å². The monoisotopic (exact) mass is 320 g/mol. The standard InChI is InChI=1S/C17H24N2O2S/c1-18(2)10-11-19-16-7-4-3-6-14(16)15-9-13-22(20,21)12-5-8-17(15)19/h3-4,6-7H,5,8-13H2,1-2H3. The summed E-state index contributed by atoms with van der Waals surface area (Å²) >= 11 is 0. The van der Waals surface area contributed by atoms with Crippen LogP contribution in [0.2, 0.25) is 0 Å². The zero-order valence-corrected chi connectivity index (χ0v) is 14.2. The van der Waals surface area contributed by atoms with E-state index in [2.05, 4.69) is 41.8 Å². The number of para-hydroxylation sites is 1. The molecule has 0 saturated carbocycles. The molecule has 0 spiro atoms. The summed E-state index contributed by atoms with van der Waals surface area (Å²) in [6, 6.07) is 8.41. The molecule has 5 heteroatoms. The van der Waals surface area contributed by atoms with Crippen LogP contribution in [0.3, 0.4) is 0 Å². The molecule has 1 aromatic carbocycles. The van der Waals surface area contributed by atoms with Crippen molar-refractivity contribution in [2.24, 2.45) is 0 Å². The summed E-state index contributed by atoms with van der Waals surface area (Å²) in [4.78, 5) is 2.19. The minimum atomic E-state index is -2.89. The molecule has 0 bridgehead atoms. The Kier molecular flexibility index (Phi) is 4.28. The summed E-state index contributed by atoms with van der Waals surface area (Å²) in [6.45, 7) is 1.94. The highest BCUT2D eigenvalue weighted by atomic mass is 32.2. The van der Waals surface area contributed by atoms with Crippen molar-refractivity contribution in [2.75, 3.05) is 32.1 Å². The molecule has 0 atom stereocenters. The third-order valence-electron chi connectivity index (χ3n) is 4.50. The second-order valence-electron chi connectivity index (χ2n) is 6.40. The molecule has 2 aromatic rings. The molecular weight excluding hydrogens is 296 g/mol. The van der Waals surface area contributed by atoms with Gasteiger partial charge in [0, 0.05) is 29.7 Å². The van der Waals surface area contributed by atoms with E-state index < -0.39 is 9.84 Å². The minimum Gasteiger partial charge on any atom is -0.343 e. The van der Waals surface area contributed by atoms with Crippen molar-refractivity contribution in [3.63, 3.8) is 0 Å². The van der Waals surface area contributed by atoms with Gasteiger partial charge in [-0.2, -0.15) is 0 Å². The molecule has 2 heterocycles. The first-order valence-corrected chi connectivity index (χ1v) is 9.74. The number of sulfone groups is 1. The fraction of sp³-hybridized carbons (Fsp3) is 0.529. The van der Waals surface area contributed by atoms with Crippen LogP contribution in [0.15, 0.2) is 24.3 Å². The average Bonchev–Trinajstić information content (AvgIpc) is 2.74. The van der Waals surface area contributed by atoms with E-state index in [-0.39, 0.29) is 5.75 Å². The molecule has 0 radical (unpaired) electrons. The molecule has 0 amide bonds. The second kappa shape index (κ2) is 6.05. The van der Waals surface area contributed by atoms with Crippen LogP contribution < -0.4 is 0 Å². The number of nitrogens with zero attached hydrogens (tertiary/aromatic N) is 2. The summed E-state index contributed by atoms with van der Waals surface area (Å²) in [5.74, 6) is 0.601. The summed E-state index contributed by atoms with van der Waals surface area (Å²) in [6.07, 6.45) is 2.23. The maximum atomic E-state index is 12.0. The van der Waals surface area contributed by atoms with Gasteiger partial charge in [-0.05, 0) is 45.0 Å². The number of aromatic nitrogens is 1. The molecule has 0 fully saturated rings. The molecule has 1 aromatic heterocycles. The number of hydrogen-bond acceptors (Lipinski definition) is 3. The zero-order valence-electron chi connectivity index (χ0n) is 13.4. The average molecular weight is 320 g/mol. The Hall–Kier alpha value is -1.33. The van der Waals surface area contributed by atoms with E-state index in [1.54, 1.807) is 0 Å².